The number of halogens is 1. The van der Waals surface area contributed by atoms with Crippen LogP contribution in [-0.2, 0) is 0 Å². The maximum atomic E-state index is 15.5. The Balaban J connectivity index is 1.77. The van der Waals surface area contributed by atoms with Crippen LogP contribution < -0.4 is 10.6 Å². The van der Waals surface area contributed by atoms with Crippen LogP contribution in [0.5, 0.6) is 0 Å². The topological polar surface area (TPSA) is 52.0 Å². The van der Waals surface area contributed by atoms with Gasteiger partial charge in [0.1, 0.15) is 5.66 Å². The molecule has 3 heterocycles. The average Bonchev–Trinajstić information content (AvgIpc) is 3.38. The summed E-state index contributed by atoms with van der Waals surface area (Å²) >= 11 is 0. The standard InChI is InChI=1S/C29H44FN5/c1-6-9-13-24(12-7-2)23(4)20-25-21-26(30)27(14-17-32-25)34-28(8-3,31-5)22-33-29-15-10-18-35(29)19-11-16-29/h6-7,9,12-13,17,21,26,31,33H,1,8,10-11,14-16,18-20,22H2,2-5H3/b12-7-,13-9-,24-23-,34-27?. The van der Waals surface area contributed by atoms with E-state index in [-0.39, 0.29) is 5.66 Å². The smallest absolute Gasteiger partial charge is 0.158 e. The molecule has 0 spiro atoms. The van der Waals surface area contributed by atoms with Crippen LogP contribution in [0.2, 0.25) is 0 Å². The molecule has 0 amide bonds. The Bertz CT molecular complexity index is 909. The van der Waals surface area contributed by atoms with E-state index >= 15 is 4.39 Å². The second kappa shape index (κ2) is 12.7. The van der Waals surface area contributed by atoms with E-state index in [9.17, 15) is 0 Å². The van der Waals surface area contributed by atoms with Crippen LogP contribution in [0.25, 0.3) is 0 Å². The first-order valence-electron chi connectivity index (χ1n) is 13.2. The normalized spacial score (nSPS) is 26.1. The van der Waals surface area contributed by atoms with Crippen molar-refractivity contribution in [3.8, 4) is 0 Å². The summed E-state index contributed by atoms with van der Waals surface area (Å²) in [6.45, 7) is 13.0. The summed E-state index contributed by atoms with van der Waals surface area (Å²) in [7, 11) is 1.93. The number of fused-ring (bicyclic) bond motifs is 1. The van der Waals surface area contributed by atoms with Crippen LogP contribution >= 0.6 is 0 Å². The van der Waals surface area contributed by atoms with Crippen molar-refractivity contribution in [2.24, 2.45) is 9.98 Å². The fraction of sp³-hybridized carbons (Fsp3) is 0.586. The lowest BCUT2D eigenvalue weighted by Gasteiger charge is -2.38. The monoisotopic (exact) mass is 481 g/mol. The Morgan fingerprint density at radius 1 is 1.34 bits per heavy atom. The minimum atomic E-state index is -1.25. The lowest BCUT2D eigenvalue weighted by atomic mass is 10.0. The molecule has 2 atom stereocenters. The molecule has 2 unspecified atom stereocenters. The van der Waals surface area contributed by atoms with E-state index in [4.69, 9.17) is 4.99 Å². The quantitative estimate of drug-likeness (QED) is 0.375. The molecule has 0 aromatic carbocycles. The molecule has 0 radical (unpaired) electrons. The lowest BCUT2D eigenvalue weighted by molar-refractivity contribution is 0.132. The lowest BCUT2D eigenvalue weighted by Crippen LogP contribution is -2.59. The van der Waals surface area contributed by atoms with Gasteiger partial charge in [-0.3, -0.25) is 25.5 Å². The van der Waals surface area contributed by atoms with Crippen LogP contribution in [0.15, 0.2) is 69.9 Å². The van der Waals surface area contributed by atoms with Crippen molar-refractivity contribution in [2.45, 2.75) is 83.2 Å². The highest BCUT2D eigenvalue weighted by molar-refractivity contribution is 6.00. The minimum Gasteiger partial charge on any atom is -0.295 e. The second-order valence-corrected chi connectivity index (χ2v) is 9.90. The Morgan fingerprint density at radius 3 is 2.71 bits per heavy atom. The Kier molecular flexibility index (Phi) is 9.96. The number of nitrogens with zero attached hydrogens (tertiary/aromatic N) is 3. The van der Waals surface area contributed by atoms with Crippen molar-refractivity contribution in [1.82, 2.24) is 15.5 Å². The van der Waals surface area contributed by atoms with Gasteiger partial charge in [-0.05, 0) is 64.6 Å². The first-order chi connectivity index (χ1) is 16.9. The van der Waals surface area contributed by atoms with Gasteiger partial charge in [-0.15, -0.1) is 0 Å². The fourth-order valence-electron chi connectivity index (χ4n) is 5.50. The predicted molar refractivity (Wildman–Crippen MR) is 148 cm³/mol. The largest absolute Gasteiger partial charge is 0.295 e. The molecule has 6 heteroatoms. The van der Waals surface area contributed by atoms with Gasteiger partial charge in [0.2, 0.25) is 0 Å². The van der Waals surface area contributed by atoms with Crippen molar-refractivity contribution in [1.29, 1.82) is 0 Å². The van der Waals surface area contributed by atoms with Crippen LogP contribution in [-0.4, -0.2) is 61.0 Å². The van der Waals surface area contributed by atoms with Gasteiger partial charge < -0.3 is 0 Å². The van der Waals surface area contributed by atoms with Gasteiger partial charge in [-0.25, -0.2) is 4.39 Å². The van der Waals surface area contributed by atoms with Crippen molar-refractivity contribution < 1.29 is 4.39 Å². The summed E-state index contributed by atoms with van der Waals surface area (Å²) in [5.41, 5.74) is 3.06. The van der Waals surface area contributed by atoms with E-state index in [0.29, 0.717) is 25.1 Å². The molecule has 0 bridgehead atoms. The summed E-state index contributed by atoms with van der Waals surface area (Å²) in [6, 6.07) is 0. The average molecular weight is 482 g/mol. The van der Waals surface area contributed by atoms with Crippen LogP contribution in [0, 0.1) is 0 Å². The molecule has 3 aliphatic heterocycles. The number of aliphatic imine (C=N–C) groups is 2. The highest BCUT2D eigenvalue weighted by Crippen LogP contribution is 2.37. The van der Waals surface area contributed by atoms with Gasteiger partial charge in [-0.2, -0.15) is 0 Å². The molecule has 3 rings (SSSR count). The van der Waals surface area contributed by atoms with Crippen molar-refractivity contribution in [2.75, 3.05) is 26.7 Å². The third kappa shape index (κ3) is 6.75. The molecule has 2 saturated heterocycles. The first-order valence-corrected chi connectivity index (χ1v) is 13.2. The molecule has 0 aliphatic carbocycles. The highest BCUT2D eigenvalue weighted by atomic mass is 19.1. The predicted octanol–water partition coefficient (Wildman–Crippen LogP) is 5.65. The summed E-state index contributed by atoms with van der Waals surface area (Å²) < 4.78 is 15.5. The highest BCUT2D eigenvalue weighted by Gasteiger charge is 2.45. The molecule has 2 N–H and O–H groups in total. The Hall–Kier alpha value is -2.15. The van der Waals surface area contributed by atoms with Gasteiger partial charge in [0.05, 0.1) is 11.4 Å². The molecule has 3 aliphatic rings. The van der Waals surface area contributed by atoms with E-state index in [1.165, 1.54) is 38.8 Å². The van der Waals surface area contributed by atoms with Crippen molar-refractivity contribution in [3.63, 3.8) is 0 Å². The molecular formula is C29H44FN5. The molecule has 35 heavy (non-hydrogen) atoms. The maximum Gasteiger partial charge on any atom is 0.158 e. The van der Waals surface area contributed by atoms with Gasteiger partial charge in [-0.1, -0.05) is 49.5 Å². The van der Waals surface area contributed by atoms with Gasteiger partial charge >= 0.3 is 0 Å². The van der Waals surface area contributed by atoms with Crippen molar-refractivity contribution in [3.05, 3.63) is 59.9 Å². The zero-order chi connectivity index (χ0) is 25.3. The van der Waals surface area contributed by atoms with E-state index < -0.39 is 11.8 Å². The number of rotatable bonds is 11. The SMILES string of the molecule is C=C\C=C/C(/C=C\C)=C(/C)CC1=CC(F)C(=NC(CC)(CNC23CCCN2CCC3)NC)CC=N1. The summed E-state index contributed by atoms with van der Waals surface area (Å²) in [6.07, 6.45) is 18.6. The summed E-state index contributed by atoms with van der Waals surface area (Å²) in [5.74, 6) is 0. The number of alkyl halides is 1. The molecule has 2 fully saturated rings. The van der Waals surface area contributed by atoms with Crippen molar-refractivity contribution >= 4 is 11.9 Å². The van der Waals surface area contributed by atoms with E-state index in [1.807, 2.05) is 38.4 Å². The third-order valence-electron chi connectivity index (χ3n) is 7.67. The number of allylic oxidation sites excluding steroid dienone is 8. The zero-order valence-corrected chi connectivity index (χ0v) is 22.1. The molecular weight excluding hydrogens is 437 g/mol. The fourth-order valence-corrected chi connectivity index (χ4v) is 5.50. The Labute approximate surface area is 211 Å². The van der Waals surface area contributed by atoms with E-state index in [2.05, 4.69) is 47.0 Å². The van der Waals surface area contributed by atoms with Crippen LogP contribution in [0.1, 0.15) is 65.7 Å². The third-order valence-corrected chi connectivity index (χ3v) is 7.67. The maximum absolute atomic E-state index is 15.5. The minimum absolute atomic E-state index is 0.0963. The van der Waals surface area contributed by atoms with E-state index in [0.717, 1.165) is 23.3 Å². The number of nitrogens with one attached hydrogen (secondary N) is 2. The van der Waals surface area contributed by atoms with Crippen LogP contribution in [0.3, 0.4) is 0 Å². The molecule has 0 aromatic rings. The summed E-state index contributed by atoms with van der Waals surface area (Å²) in [5, 5.41) is 7.27. The van der Waals surface area contributed by atoms with E-state index in [1.54, 1.807) is 12.2 Å². The van der Waals surface area contributed by atoms with Crippen LogP contribution in [0.4, 0.5) is 4.39 Å². The second-order valence-electron chi connectivity index (χ2n) is 9.90. The van der Waals surface area contributed by atoms with Gasteiger partial charge in [0.25, 0.3) is 0 Å². The number of likely N-dealkylation sites (N-methyl/N-ethyl adjacent to an activating group) is 1. The van der Waals surface area contributed by atoms with Gasteiger partial charge in [0.15, 0.2) is 6.17 Å². The molecule has 5 nitrogen and oxygen atoms in total. The first kappa shape index (κ1) is 27.4. The number of hydrogen-bond acceptors (Lipinski definition) is 5. The molecule has 0 aromatic heterocycles. The summed E-state index contributed by atoms with van der Waals surface area (Å²) in [4.78, 5) is 12.2. The molecule has 0 saturated carbocycles. The number of hydrogen-bond donors (Lipinski definition) is 2. The van der Waals surface area contributed by atoms with Gasteiger partial charge in [0, 0.05) is 44.4 Å². The Morgan fingerprint density at radius 2 is 2.09 bits per heavy atom. The molecule has 192 valence electrons. The zero-order valence-electron chi connectivity index (χ0n) is 22.1.